The molecule has 3 aromatic carbocycles. The molecule has 0 atom stereocenters. The van der Waals surface area contributed by atoms with Gasteiger partial charge in [-0.1, -0.05) is 72.8 Å². The van der Waals surface area contributed by atoms with Crippen molar-refractivity contribution in [2.75, 3.05) is 78.5 Å². The van der Waals surface area contributed by atoms with Crippen LogP contribution in [0, 0.1) is 59.9 Å². The number of rotatable bonds is 0. The van der Waals surface area contributed by atoms with Crippen LogP contribution in [0.3, 0.4) is 0 Å². The molecule has 0 spiro atoms. The van der Waals surface area contributed by atoms with E-state index in [1.165, 1.54) is 0 Å². The minimum absolute atomic E-state index is 0. The minimum atomic E-state index is 0. The third-order valence-electron chi connectivity index (χ3n) is 7.52. The number of hydrogen-bond donors (Lipinski definition) is 0. The summed E-state index contributed by atoms with van der Waals surface area (Å²) < 4.78 is 67.5. The summed E-state index contributed by atoms with van der Waals surface area (Å²) >= 11 is 0. The van der Waals surface area contributed by atoms with Crippen LogP contribution in [0.4, 0.5) is 0 Å². The maximum atomic E-state index is 7.50. The van der Waals surface area contributed by atoms with Gasteiger partial charge in [-0.25, -0.2) is 0 Å². The SMILES string of the molecule is C1=NCCN2CCN=Cc3ccc(cc3)C=NCCN(CCN=Cc3ccc1cc3)CCN=Cc1ccc(cc1)C=NCC2.[C-]#[O+].[C-]#[O+].[C-]#[O+].[C-]#[O+].[C-]#[O+].[C-]#[O+].[C-]#[O+].[C-]#[O+].[C-]#[O+].[Cr].[Cr].[Cr]. The molecule has 0 amide bonds. The van der Waals surface area contributed by atoms with E-state index in [0.717, 1.165) is 112 Å². The van der Waals surface area contributed by atoms with E-state index in [2.05, 4.69) is 142 Å². The van der Waals surface area contributed by atoms with Gasteiger partial charge in [-0.15, -0.1) is 0 Å². The molecule has 65 heavy (non-hydrogen) atoms. The van der Waals surface area contributed by atoms with Crippen molar-refractivity contribution in [3.05, 3.63) is 166 Å². The summed E-state index contributed by atoms with van der Waals surface area (Å²) in [5, 5.41) is 0. The number of aliphatic imine (C=N–C) groups is 6. The molecule has 0 radical (unpaired) electrons. The summed E-state index contributed by atoms with van der Waals surface area (Å²) in [4.78, 5) is 33.1. The molecule has 12 aliphatic heterocycles. The van der Waals surface area contributed by atoms with Gasteiger partial charge in [-0.05, 0) is 33.4 Å². The van der Waals surface area contributed by atoms with Crippen LogP contribution < -0.4 is 0 Å². The molecular formula is C45H42Cr3N8O9. The van der Waals surface area contributed by atoms with E-state index in [1.54, 1.807) is 0 Å². The Hall–Kier alpha value is -5.14. The largest absolute Gasteiger partial charge is 0 e. The Kier molecular flexibility index (Phi) is 77.7. The first-order chi connectivity index (χ1) is 30.8. The molecule has 12 aliphatic rings. The summed E-state index contributed by atoms with van der Waals surface area (Å²) in [5.74, 6) is 0. The normalized spacial score (nSPS) is 14.1. The van der Waals surface area contributed by atoms with Crippen LogP contribution in [0.5, 0.6) is 0 Å². The summed E-state index contributed by atoms with van der Waals surface area (Å²) in [7, 11) is 0. The van der Waals surface area contributed by atoms with Gasteiger partial charge in [0.1, 0.15) is 0 Å². The number of benzene rings is 3. The molecule has 8 bridgehead atoms. The summed E-state index contributed by atoms with van der Waals surface area (Å²) in [6.07, 6.45) is 11.7. The van der Waals surface area contributed by atoms with Gasteiger partial charge in [0.05, 0.1) is 39.3 Å². The smallest absolute Gasteiger partial charge is 0 e. The van der Waals surface area contributed by atoms with E-state index in [-0.39, 0.29) is 52.1 Å². The van der Waals surface area contributed by atoms with E-state index in [0.29, 0.717) is 0 Å². The van der Waals surface area contributed by atoms with Crippen LogP contribution in [0.25, 0.3) is 0 Å². The molecule has 334 valence electrons. The quantitative estimate of drug-likeness (QED) is 0.240. The Labute approximate surface area is 413 Å². The van der Waals surface area contributed by atoms with Crippen LogP contribution in [-0.2, 0) is 94.0 Å². The molecule has 0 fully saturated rings. The Morgan fingerprint density at radius 2 is 0.354 bits per heavy atom. The van der Waals surface area contributed by atoms with Crippen LogP contribution in [-0.4, -0.2) is 126 Å². The van der Waals surface area contributed by atoms with E-state index < -0.39 is 0 Å². The van der Waals surface area contributed by atoms with Gasteiger partial charge >= 0.3 is 102 Å². The average molecular weight is 995 g/mol. The Morgan fingerprint density at radius 1 is 0.246 bits per heavy atom. The first kappa shape index (κ1) is 77.1. The molecule has 0 aromatic heterocycles. The molecule has 0 saturated heterocycles. The zero-order chi connectivity index (χ0) is 48.1. The van der Waals surface area contributed by atoms with Gasteiger partial charge in [-0.3, -0.25) is 39.8 Å². The maximum absolute atomic E-state index is 7.50. The zero-order valence-electron chi connectivity index (χ0n) is 34.9. The fourth-order valence-electron chi connectivity index (χ4n) is 4.89. The molecule has 17 nitrogen and oxygen atoms in total. The van der Waals surface area contributed by atoms with Gasteiger partial charge in [0, 0.05) is 129 Å². The molecule has 15 rings (SSSR count). The fourth-order valence-corrected chi connectivity index (χ4v) is 4.89. The first-order valence-corrected chi connectivity index (χ1v) is 17.4. The van der Waals surface area contributed by atoms with Gasteiger partial charge in [0.2, 0.25) is 0 Å². The van der Waals surface area contributed by atoms with Gasteiger partial charge in [-0.2, -0.15) is 0 Å². The molecule has 0 unspecified atom stereocenters. The third kappa shape index (κ3) is 42.6. The van der Waals surface area contributed by atoms with Gasteiger partial charge < -0.3 is 0 Å². The standard InChI is InChI=1S/C36H42N8.9CO.3Cr/c1-2-32-4-3-31(1)25-37-13-19-43-21-15-39-27-33-5-9-35(10-6-33)29-41-17-23-44(20-14-38-26-32)24-18-42-30-36-11-7-34(8-12-36)28-40-16-22-43;9*1-2;;;/h1-12,25-30H,13-24H2;;;;;;;;;;;;. The van der Waals surface area contributed by atoms with Gasteiger partial charge in [0.25, 0.3) is 0 Å². The van der Waals surface area contributed by atoms with E-state index in [9.17, 15) is 0 Å². The van der Waals surface area contributed by atoms with Crippen LogP contribution in [0.2, 0.25) is 0 Å². The van der Waals surface area contributed by atoms with Crippen molar-refractivity contribution in [2.24, 2.45) is 30.0 Å². The van der Waals surface area contributed by atoms with Crippen molar-refractivity contribution >= 4 is 37.3 Å². The molecule has 0 saturated carbocycles. The molecule has 20 heteroatoms. The molecular weight excluding hydrogens is 953 g/mol. The third-order valence-corrected chi connectivity index (χ3v) is 7.52. The topological polar surface area (TPSA) is 260 Å². The molecule has 12 heterocycles. The summed E-state index contributed by atoms with van der Waals surface area (Å²) in [6, 6.07) is 25.2. The van der Waals surface area contributed by atoms with Crippen molar-refractivity contribution < 1.29 is 94.0 Å². The molecule has 3 aromatic rings. The fraction of sp³-hybridized carbons (Fsp3) is 0.267. The second kappa shape index (κ2) is 65.5. The Morgan fingerprint density at radius 3 is 0.462 bits per heavy atom. The number of nitrogens with zero attached hydrogens (tertiary/aromatic N) is 8. The van der Waals surface area contributed by atoms with Crippen molar-refractivity contribution in [3.63, 3.8) is 0 Å². The van der Waals surface area contributed by atoms with Crippen molar-refractivity contribution in [1.82, 2.24) is 9.80 Å². The second-order valence-electron chi connectivity index (χ2n) is 10.9. The predicted molar refractivity (Wildman–Crippen MR) is 222 cm³/mol. The van der Waals surface area contributed by atoms with Crippen LogP contribution in [0.15, 0.2) is 103 Å². The predicted octanol–water partition coefficient (Wildman–Crippen LogP) is 3.89. The van der Waals surface area contributed by atoms with Crippen molar-refractivity contribution in [1.29, 1.82) is 0 Å². The van der Waals surface area contributed by atoms with Crippen LogP contribution in [0.1, 0.15) is 33.4 Å². The summed E-state index contributed by atoms with van der Waals surface area (Å²) in [6.45, 7) is 49.9. The average Bonchev–Trinajstić information content (AvgIpc) is 3.37. The maximum Gasteiger partial charge on any atom is 0 e. The Balaban J connectivity index is -0.000000231. The van der Waals surface area contributed by atoms with E-state index >= 15 is 0 Å². The van der Waals surface area contributed by atoms with Gasteiger partial charge in [0.15, 0.2) is 0 Å². The summed E-state index contributed by atoms with van der Waals surface area (Å²) in [5.41, 5.74) is 6.56. The Bertz CT molecular complexity index is 1540. The minimum Gasteiger partial charge on any atom is 0 e. The number of hydrogen-bond acceptors (Lipinski definition) is 8. The van der Waals surface area contributed by atoms with E-state index in [4.69, 9.17) is 71.8 Å². The second-order valence-corrected chi connectivity index (χ2v) is 10.9. The van der Waals surface area contributed by atoms with Crippen molar-refractivity contribution in [3.8, 4) is 0 Å². The van der Waals surface area contributed by atoms with E-state index in [1.807, 2.05) is 37.3 Å². The first-order valence-electron chi connectivity index (χ1n) is 17.4. The molecule has 0 N–H and O–H groups in total. The zero-order valence-corrected chi connectivity index (χ0v) is 38.7. The monoisotopic (exact) mass is 994 g/mol. The van der Waals surface area contributed by atoms with Crippen molar-refractivity contribution in [2.45, 2.75) is 0 Å². The van der Waals surface area contributed by atoms with Crippen LogP contribution >= 0.6 is 0 Å². The molecule has 0 aliphatic carbocycles.